The van der Waals surface area contributed by atoms with Gasteiger partial charge in [0.05, 0.1) is 0 Å². The molecule has 1 atom stereocenters. The second-order valence-electron chi connectivity index (χ2n) is 15.9. The van der Waals surface area contributed by atoms with Crippen LogP contribution in [0.25, 0.3) is 71.2 Å². The fourth-order valence-electron chi connectivity index (χ4n) is 9.50. The summed E-state index contributed by atoms with van der Waals surface area (Å²) >= 11 is -4.69. The zero-order chi connectivity index (χ0) is 40.0. The van der Waals surface area contributed by atoms with Gasteiger partial charge < -0.3 is 0 Å². The summed E-state index contributed by atoms with van der Waals surface area (Å²) in [4.78, 5) is 29.0. The van der Waals surface area contributed by atoms with Crippen molar-refractivity contribution in [3.63, 3.8) is 0 Å². The van der Waals surface area contributed by atoms with E-state index in [-0.39, 0.29) is 0 Å². The number of aromatic nitrogens is 2. The molecule has 0 spiro atoms. The molecular weight excluding hydrogens is 867 g/mol. The summed E-state index contributed by atoms with van der Waals surface area (Å²) in [5, 5.41) is 13.3. The molecule has 13 rings (SSSR count). The number of rotatable bonds is 1. The Kier molecular flexibility index (Phi) is 6.86. The summed E-state index contributed by atoms with van der Waals surface area (Å²) in [5.41, 5.74) is 11.0. The maximum atomic E-state index is 8.45. The van der Waals surface area contributed by atoms with E-state index in [0.717, 1.165) is 97.7 Å². The standard InChI is InChI=1S/C49H28N8.CH3.ClH.Sn/c1-26-35-18-27-10-2-4-12-29(27)20-37(35)44(51-26)53-46-39-22-31-14-6-8-16-33(31)24-41(39)48(55-46)57-49-42-25-34-17-9-7-15-32(34)23-40(42)47(56-49)54-45-38-21-30-13-5-3-11-28(30)19-36(38)43(50)52-45;;;/h2-25H,1H2,(H2-,50,51,52,53,54,55,57);1H3;1H;/q-2;;;+3/p-1. The molecule has 2 aromatic heterocycles. The molecule has 0 fully saturated rings. The molecule has 10 heteroatoms. The molecule has 0 radical (unpaired) electrons. The average molecular weight is 898 g/mol. The number of hydrogen-bond acceptors (Lipinski definition) is 5. The van der Waals surface area contributed by atoms with E-state index in [9.17, 15) is 0 Å². The Morgan fingerprint density at radius 3 is 1.53 bits per heavy atom. The maximum absolute atomic E-state index is 8.45. The summed E-state index contributed by atoms with van der Waals surface area (Å²) in [6, 6.07) is 50.8. The van der Waals surface area contributed by atoms with Gasteiger partial charge in [-0.15, -0.1) is 0 Å². The third kappa shape index (κ3) is 4.71. The minimum atomic E-state index is -4.69. The van der Waals surface area contributed by atoms with Crippen LogP contribution in [0.15, 0.2) is 171 Å². The number of hydrogen-bond donors (Lipinski definition) is 1. The number of nitrogens with zero attached hydrogens (tertiary/aromatic N) is 7. The molecule has 8 aromatic carbocycles. The molecule has 282 valence electrons. The molecule has 10 aromatic rings. The summed E-state index contributed by atoms with van der Waals surface area (Å²) in [6.45, 7) is 4.78. The molecule has 5 heterocycles. The molecular formula is C50H31ClN8Sn. The summed E-state index contributed by atoms with van der Waals surface area (Å²) in [6.07, 6.45) is 0. The van der Waals surface area contributed by atoms with Crippen molar-refractivity contribution >= 4 is 133 Å². The van der Waals surface area contributed by atoms with Crippen molar-refractivity contribution in [3.8, 4) is 0 Å². The third-order valence-corrected chi connectivity index (χ3v) is 21.9. The second-order valence-corrected chi connectivity index (χ2v) is 28.4. The molecule has 0 aliphatic carbocycles. The van der Waals surface area contributed by atoms with Gasteiger partial charge in [-0.2, -0.15) is 0 Å². The molecule has 2 bridgehead atoms. The van der Waals surface area contributed by atoms with Gasteiger partial charge in [-0.3, -0.25) is 0 Å². The van der Waals surface area contributed by atoms with Crippen LogP contribution in [0.5, 0.6) is 0 Å². The summed E-state index contributed by atoms with van der Waals surface area (Å²) < 4.78 is 4.44. The van der Waals surface area contributed by atoms with Crippen LogP contribution in [-0.2, 0) is 0 Å². The van der Waals surface area contributed by atoms with E-state index in [1.165, 1.54) is 0 Å². The van der Waals surface area contributed by atoms with E-state index < -0.39 is 17.8 Å². The van der Waals surface area contributed by atoms with Crippen LogP contribution in [0.1, 0.15) is 22.3 Å². The first-order valence-corrected chi connectivity index (χ1v) is 28.9. The molecule has 3 aliphatic rings. The topological polar surface area (TPSA) is 97.7 Å². The van der Waals surface area contributed by atoms with E-state index in [1.807, 2.05) is 12.1 Å². The SMILES string of the molecule is C=c1c2cc3ccccc3cc2c2[n]1[Sn]([CH3])([Cl])[n]1c(/N=C3\N=C(N)c4cc5ccccc5cc43)c3cc4ccccc4cc3c1/N=C1\N=C(N=2)c2cc3ccccc3cc21. The molecule has 60 heavy (non-hydrogen) atoms. The number of nitrogens with two attached hydrogens (primary N) is 1. The van der Waals surface area contributed by atoms with Crippen LogP contribution in [0.2, 0.25) is 4.94 Å². The van der Waals surface area contributed by atoms with Crippen LogP contribution >= 0.6 is 8.92 Å². The van der Waals surface area contributed by atoms with Crippen molar-refractivity contribution in [2.75, 3.05) is 0 Å². The van der Waals surface area contributed by atoms with Gasteiger partial charge in [0.1, 0.15) is 0 Å². The number of benzene rings is 8. The van der Waals surface area contributed by atoms with Crippen molar-refractivity contribution in [1.29, 1.82) is 0 Å². The number of halogens is 1. The van der Waals surface area contributed by atoms with Crippen molar-refractivity contribution < 1.29 is 0 Å². The fourth-order valence-corrected chi connectivity index (χ4v) is 18.9. The first-order chi connectivity index (χ1) is 29.3. The molecule has 1 unspecified atom stereocenters. The molecule has 3 aliphatic heterocycles. The normalized spacial score (nSPS) is 18.4. The van der Waals surface area contributed by atoms with Gasteiger partial charge in [0, 0.05) is 0 Å². The minimum absolute atomic E-state index is 0.427. The number of fused-ring (bicyclic) bond motifs is 15. The van der Waals surface area contributed by atoms with Crippen LogP contribution in [-0.4, -0.2) is 46.7 Å². The summed E-state index contributed by atoms with van der Waals surface area (Å²) in [5.74, 6) is 3.46. The number of aliphatic imine (C=N–C) groups is 4. The monoisotopic (exact) mass is 898 g/mol. The van der Waals surface area contributed by atoms with Gasteiger partial charge in [0.15, 0.2) is 0 Å². The van der Waals surface area contributed by atoms with Crippen LogP contribution in [0.4, 0.5) is 11.6 Å². The van der Waals surface area contributed by atoms with Gasteiger partial charge in [0.2, 0.25) is 0 Å². The predicted molar refractivity (Wildman–Crippen MR) is 251 cm³/mol. The van der Waals surface area contributed by atoms with Gasteiger partial charge in [-0.1, -0.05) is 0 Å². The Morgan fingerprint density at radius 1 is 0.517 bits per heavy atom. The first kappa shape index (κ1) is 34.0. The van der Waals surface area contributed by atoms with Gasteiger partial charge in [-0.05, 0) is 0 Å². The van der Waals surface area contributed by atoms with Crippen molar-refractivity contribution in [2.45, 2.75) is 4.94 Å². The van der Waals surface area contributed by atoms with Crippen LogP contribution in [0, 0.1) is 0 Å². The zero-order valence-electron chi connectivity index (χ0n) is 32.1. The van der Waals surface area contributed by atoms with Crippen molar-refractivity contribution in [3.05, 3.63) is 179 Å². The Hall–Kier alpha value is -6.88. The van der Waals surface area contributed by atoms with Crippen LogP contribution < -0.4 is 16.6 Å². The average Bonchev–Trinajstić information content (AvgIpc) is 3.94. The van der Waals surface area contributed by atoms with Crippen LogP contribution in [0.3, 0.4) is 0 Å². The Balaban J connectivity index is 1.22. The van der Waals surface area contributed by atoms with Crippen molar-refractivity contribution in [1.82, 2.24) is 5.58 Å². The van der Waals surface area contributed by atoms with Crippen molar-refractivity contribution in [2.24, 2.45) is 30.7 Å². The first-order valence-electron chi connectivity index (χ1n) is 19.8. The van der Waals surface area contributed by atoms with Gasteiger partial charge in [0.25, 0.3) is 0 Å². The fraction of sp³-hybridized carbons (Fsp3) is 0.0200. The Bertz CT molecular complexity index is 3910. The van der Waals surface area contributed by atoms with Gasteiger partial charge >= 0.3 is 353 Å². The number of amidine groups is 4. The quantitative estimate of drug-likeness (QED) is 0.163. The molecule has 0 saturated carbocycles. The van der Waals surface area contributed by atoms with E-state index >= 15 is 0 Å². The van der Waals surface area contributed by atoms with Gasteiger partial charge in [-0.25, -0.2) is 0 Å². The van der Waals surface area contributed by atoms with E-state index in [0.29, 0.717) is 35.0 Å². The molecule has 0 saturated heterocycles. The predicted octanol–water partition coefficient (Wildman–Crippen LogP) is 10.1. The van der Waals surface area contributed by atoms with E-state index in [1.54, 1.807) is 0 Å². The summed E-state index contributed by atoms with van der Waals surface area (Å²) in [7, 11) is 8.45. The molecule has 0 amide bonds. The Labute approximate surface area is 350 Å². The van der Waals surface area contributed by atoms with E-state index in [4.69, 9.17) is 46.2 Å². The second kappa shape index (κ2) is 12.1. The Morgan fingerprint density at radius 2 is 0.967 bits per heavy atom. The molecule has 2 N–H and O–H groups in total. The third-order valence-electron chi connectivity index (χ3n) is 12.4. The zero-order valence-corrected chi connectivity index (χ0v) is 35.8. The molecule has 8 nitrogen and oxygen atoms in total. The van der Waals surface area contributed by atoms with E-state index in [2.05, 4.69) is 144 Å².